The van der Waals surface area contributed by atoms with Crippen molar-refractivity contribution in [3.63, 3.8) is 0 Å². The van der Waals surface area contributed by atoms with Crippen molar-refractivity contribution in [2.75, 3.05) is 115 Å². The monoisotopic (exact) mass is 2050 g/mol. The lowest BCUT2D eigenvalue weighted by Crippen LogP contribution is -2.62. The van der Waals surface area contributed by atoms with E-state index in [9.17, 15) is 143 Å². The van der Waals surface area contributed by atoms with Crippen LogP contribution >= 0.6 is 0 Å². The number of carbonyl (C=O) groups is 1. The van der Waals surface area contributed by atoms with E-state index in [1.165, 1.54) is 66.9 Å². The number of carbonyl (C=O) groups excluding carboxylic acids is 1. The lowest BCUT2D eigenvalue weighted by molar-refractivity contribution is -0.318. The van der Waals surface area contributed by atoms with Crippen molar-refractivity contribution in [1.29, 1.82) is 0 Å². The minimum atomic E-state index is -1.97. The van der Waals surface area contributed by atoms with Gasteiger partial charge in [0.15, 0.2) is 59.5 Å². The fraction of sp³-hybridized carbons (Fsp3) is 0.659. The average molecular weight is 2050 g/mol. The quantitative estimate of drug-likeness (QED) is 0.0173. The Hall–Kier alpha value is -7.99. The Balaban J connectivity index is 0.000000242. The number of methoxy groups -OCH3 is 6. The van der Waals surface area contributed by atoms with Crippen molar-refractivity contribution in [2.45, 2.75) is 270 Å². The van der Waals surface area contributed by atoms with Crippen LogP contribution in [0.15, 0.2) is 78.9 Å². The molecule has 0 aromatic heterocycles. The van der Waals surface area contributed by atoms with Crippen LogP contribution in [-0.2, 0) is 76.5 Å². The molecule has 34 atom stereocenters. The highest BCUT2D eigenvalue weighted by atomic mass is 16.8. The van der Waals surface area contributed by atoms with Crippen molar-refractivity contribution >= 4 is 5.97 Å². The molecule has 8 heterocycles. The molecule has 28 N–H and O–H groups in total. The van der Waals surface area contributed by atoms with Gasteiger partial charge in [0.25, 0.3) is 0 Å². The van der Waals surface area contributed by atoms with Crippen molar-refractivity contribution < 1.29 is 252 Å². The van der Waals surface area contributed by atoms with Gasteiger partial charge in [-0.2, -0.15) is 0 Å². The Bertz CT molecular complexity index is 4590. The third-order valence-corrected chi connectivity index (χ3v) is 24.0. The van der Waals surface area contributed by atoms with E-state index in [2.05, 4.69) is 0 Å². The predicted molar refractivity (Wildman–Crippen MR) is 477 cm³/mol. The van der Waals surface area contributed by atoms with Gasteiger partial charge < -0.3 is 247 Å². The summed E-state index contributed by atoms with van der Waals surface area (Å²) in [6.07, 6.45) is -43.6. The van der Waals surface area contributed by atoms with Crippen LogP contribution in [0.2, 0.25) is 0 Å². The van der Waals surface area contributed by atoms with Gasteiger partial charge in [-0.1, -0.05) is 40.0 Å². The molecule has 13 rings (SSSR count). The van der Waals surface area contributed by atoms with E-state index in [-0.39, 0.29) is 87.8 Å². The zero-order valence-electron chi connectivity index (χ0n) is 77.7. The molecule has 5 aromatic rings. The maximum atomic E-state index is 12.0. The lowest BCUT2D eigenvalue weighted by atomic mass is 9.98. The van der Waals surface area contributed by atoms with Gasteiger partial charge in [0.1, 0.15) is 174 Å². The van der Waals surface area contributed by atoms with Gasteiger partial charge in [-0.25, -0.2) is 4.79 Å². The molecule has 142 heavy (non-hydrogen) atoms. The lowest BCUT2D eigenvalue weighted by Gasteiger charge is -2.42. The molecule has 0 spiro atoms. The van der Waals surface area contributed by atoms with Gasteiger partial charge in [-0.15, -0.1) is 0 Å². The highest BCUT2D eigenvalue weighted by molar-refractivity contribution is 5.91. The second kappa shape index (κ2) is 54.6. The zero-order chi connectivity index (χ0) is 103. The first kappa shape index (κ1) is 121. The topological polar surface area (TPSA) is 787 Å². The van der Waals surface area contributed by atoms with E-state index < -0.39 is 266 Å². The maximum Gasteiger partial charge on any atom is 0.338 e. The standard InChI is InChI=1S/C20H30O12.C20H28O12.C20H30O11.C15H22O9.C14H20O7.2CH4/c1-9-11(27-2)4-10(5-12(9)28-3)31-18-16(24)15(23)14(22)13(32-18)6-29-19-17(25)20(26,7-21)8-30-19;1-9-3-4-10(5-11(9)17(26)28-2)30-18-15(14(24)13(23)12(6-21)31-18)32-19-16(25)20(27,7-22)8-29-19;1-3-10-4-5-11(12(6-10)27-2)30-18-16(24)15(23)14(22)13(31-18)7-28-19-17(25)20(26,8-21)9-29-19;1-22-9-3-7(4-16)2-8(5-17)14(9)24-15-13(21)12(20)11(19)10(6-18)23-15;1-7-3-4-8(9(5-7)19-2)20-14-13(18)12(17)11(16)10(6-15)21-14;;/h4-5,13-19,21-26H,6-8H2,1-3H3;3-5,12-16,18-19,21-25,27H,6-8H2,1-2H3;4-6,13-19,21-26H,3,7-9H2,1-2H3;2-3,10-13,15-21H,4-6H2,1H3;3-5,10-18H,6H2,1-2H3;2*1H4. The fourth-order valence-electron chi connectivity index (χ4n) is 15.1. The molecule has 51 nitrogen and oxygen atoms in total. The molecule has 0 aliphatic carbocycles. The second-order valence-corrected chi connectivity index (χ2v) is 33.7. The van der Waals surface area contributed by atoms with Crippen LogP contribution in [0.25, 0.3) is 0 Å². The Labute approximate surface area is 815 Å². The minimum Gasteiger partial charge on any atom is -0.496 e. The number of aliphatic hydroxyl groups is 28. The van der Waals surface area contributed by atoms with Gasteiger partial charge in [0.05, 0.1) is 134 Å². The molecule has 0 saturated carbocycles. The normalized spacial score (nSPS) is 35.1. The summed E-state index contributed by atoms with van der Waals surface area (Å²) in [6, 6.07) is 21.0. The molecule has 0 amide bonds. The highest BCUT2D eigenvalue weighted by Gasteiger charge is 2.57. The van der Waals surface area contributed by atoms with E-state index in [1.807, 2.05) is 19.9 Å². The number of aryl methyl sites for hydroxylation is 3. The van der Waals surface area contributed by atoms with Crippen LogP contribution in [0.4, 0.5) is 0 Å². The minimum absolute atomic E-state index is 0. The second-order valence-electron chi connectivity index (χ2n) is 33.7. The molecule has 5 aromatic carbocycles. The maximum absolute atomic E-state index is 12.0. The van der Waals surface area contributed by atoms with Crippen LogP contribution in [0, 0.1) is 20.8 Å². The van der Waals surface area contributed by atoms with E-state index in [4.69, 9.17) is 109 Å². The number of benzene rings is 5. The first-order valence-electron chi connectivity index (χ1n) is 43.9. The van der Waals surface area contributed by atoms with Crippen LogP contribution < -0.4 is 47.4 Å². The summed E-state index contributed by atoms with van der Waals surface area (Å²) in [7, 11) is 8.49. The zero-order valence-corrected chi connectivity index (χ0v) is 77.7. The van der Waals surface area contributed by atoms with E-state index in [0.717, 1.165) is 23.1 Å². The van der Waals surface area contributed by atoms with E-state index >= 15 is 0 Å². The summed E-state index contributed by atoms with van der Waals surface area (Å²) in [5, 5.41) is 276. The highest BCUT2D eigenvalue weighted by Crippen LogP contribution is 2.42. The molecular weight excluding hydrogens is 1910 g/mol. The summed E-state index contributed by atoms with van der Waals surface area (Å²) < 4.78 is 118. The number of aliphatic hydroxyl groups excluding tert-OH is 25. The van der Waals surface area contributed by atoms with E-state index in [1.54, 1.807) is 62.4 Å². The van der Waals surface area contributed by atoms with Gasteiger partial charge >= 0.3 is 5.97 Å². The molecule has 8 aliphatic heterocycles. The summed E-state index contributed by atoms with van der Waals surface area (Å²) >= 11 is 0. The van der Waals surface area contributed by atoms with Gasteiger partial charge in [-0.05, 0) is 98.0 Å². The molecule has 8 fully saturated rings. The summed E-state index contributed by atoms with van der Waals surface area (Å²) in [6.45, 7) is 0.786. The van der Waals surface area contributed by atoms with Crippen molar-refractivity contribution in [1.82, 2.24) is 0 Å². The van der Waals surface area contributed by atoms with Crippen molar-refractivity contribution in [2.24, 2.45) is 0 Å². The SMILES string of the molecule is C.C.CCc1ccc(OC2OC(COC3OCC(O)(CO)C3O)C(O)C(O)C2O)c(OC)c1.COC(=O)c1cc(OC2OC(CO)C(O)C(O)C2OC2OCC(O)(CO)C2O)ccc1C.COc1cc(C)ccc1OC1OC(CO)C(O)C(O)C1O.COc1cc(CO)cc(CO)c1OC1OC(CO)C(O)C(O)C1O.COc1cc(OC2OC(COC3OCC(O)(CO)C3O)C(O)C(O)C2O)cc(OC)c1C. The van der Waals surface area contributed by atoms with E-state index in [0.29, 0.717) is 39.9 Å². The van der Waals surface area contributed by atoms with Crippen molar-refractivity contribution in [3.8, 4) is 57.5 Å². The van der Waals surface area contributed by atoms with Crippen LogP contribution in [0.1, 0.15) is 65.5 Å². The third kappa shape index (κ3) is 28.5. The Kier molecular flexibility index (Phi) is 46.5. The number of hydrogen-bond donors (Lipinski definition) is 28. The fourth-order valence-corrected chi connectivity index (χ4v) is 15.1. The summed E-state index contributed by atoms with van der Waals surface area (Å²) in [5.74, 6) is 2.39. The molecule has 51 heteroatoms. The molecular formula is C91H138O51. The number of ether oxygens (including phenoxy) is 22. The van der Waals surface area contributed by atoms with Crippen molar-refractivity contribution in [3.05, 3.63) is 118 Å². The van der Waals surface area contributed by atoms with Crippen LogP contribution in [0.3, 0.4) is 0 Å². The molecule has 0 bridgehead atoms. The molecule has 34 unspecified atom stereocenters. The van der Waals surface area contributed by atoms with Gasteiger partial charge in [0, 0.05) is 23.3 Å². The van der Waals surface area contributed by atoms with Gasteiger partial charge in [-0.3, -0.25) is 0 Å². The third-order valence-electron chi connectivity index (χ3n) is 24.0. The molecule has 808 valence electrons. The number of esters is 1. The predicted octanol–water partition coefficient (Wildman–Crippen LogP) is -8.70. The molecule has 8 aliphatic rings. The molecule has 0 radical (unpaired) electrons. The first-order chi connectivity index (χ1) is 66.5. The van der Waals surface area contributed by atoms with Crippen LogP contribution in [-0.4, -0.2) is 472 Å². The summed E-state index contributed by atoms with van der Waals surface area (Å²) in [5.41, 5.74) is -1.40. The van der Waals surface area contributed by atoms with Crippen LogP contribution in [0.5, 0.6) is 57.5 Å². The Morgan fingerprint density at radius 3 is 1.15 bits per heavy atom. The van der Waals surface area contributed by atoms with Gasteiger partial charge in [0.2, 0.25) is 31.5 Å². The smallest absolute Gasteiger partial charge is 0.338 e. The summed E-state index contributed by atoms with van der Waals surface area (Å²) in [4.78, 5) is 12.0. The Morgan fingerprint density at radius 2 is 0.739 bits per heavy atom. The average Bonchev–Trinajstić information content (AvgIpc) is 1.53. The number of rotatable bonds is 33. The number of hydrogen-bond acceptors (Lipinski definition) is 51. The Morgan fingerprint density at radius 1 is 0.359 bits per heavy atom. The molecule has 8 saturated heterocycles. The first-order valence-corrected chi connectivity index (χ1v) is 43.9. The largest absolute Gasteiger partial charge is 0.496 e.